The number of rotatable bonds is 4. The summed E-state index contributed by atoms with van der Waals surface area (Å²) < 4.78 is 0. The van der Waals surface area contributed by atoms with E-state index in [-0.39, 0.29) is 0 Å². The third-order valence-corrected chi connectivity index (χ3v) is 4.17. The molecule has 2 rings (SSSR count). The van der Waals surface area contributed by atoms with Crippen LogP contribution in [0.1, 0.15) is 10.7 Å². The number of thiocarbonyl (C=S) groups is 1. The van der Waals surface area contributed by atoms with Crippen LogP contribution >= 0.6 is 35.3 Å². The number of thioether (sulfide) groups is 1. The van der Waals surface area contributed by atoms with E-state index in [9.17, 15) is 0 Å². The summed E-state index contributed by atoms with van der Waals surface area (Å²) in [5, 5.41) is 2.96. The van der Waals surface area contributed by atoms with Crippen molar-refractivity contribution in [1.29, 1.82) is 0 Å². The van der Waals surface area contributed by atoms with Crippen molar-refractivity contribution in [3.63, 3.8) is 0 Å². The molecule has 0 amide bonds. The lowest BCUT2D eigenvalue weighted by Crippen LogP contribution is -2.09. The van der Waals surface area contributed by atoms with Gasteiger partial charge in [0.2, 0.25) is 0 Å². The van der Waals surface area contributed by atoms with Gasteiger partial charge in [0.05, 0.1) is 5.75 Å². The van der Waals surface area contributed by atoms with E-state index in [2.05, 4.69) is 17.1 Å². The van der Waals surface area contributed by atoms with Gasteiger partial charge >= 0.3 is 0 Å². The van der Waals surface area contributed by atoms with Gasteiger partial charge in [-0.25, -0.2) is 4.98 Å². The van der Waals surface area contributed by atoms with Crippen LogP contribution in [0.3, 0.4) is 0 Å². The van der Waals surface area contributed by atoms with E-state index >= 15 is 0 Å². The molecule has 0 aliphatic carbocycles. The Labute approximate surface area is 108 Å². The minimum absolute atomic E-state index is 0.368. The van der Waals surface area contributed by atoms with Gasteiger partial charge in [0, 0.05) is 10.3 Å². The first-order valence-corrected chi connectivity index (χ1v) is 6.95. The van der Waals surface area contributed by atoms with Crippen molar-refractivity contribution in [3.8, 4) is 0 Å². The molecule has 5 heteroatoms. The van der Waals surface area contributed by atoms with Crippen molar-refractivity contribution in [1.82, 2.24) is 4.98 Å². The van der Waals surface area contributed by atoms with Gasteiger partial charge in [-0.05, 0) is 12.1 Å². The van der Waals surface area contributed by atoms with Crippen LogP contribution in [0.2, 0.25) is 0 Å². The van der Waals surface area contributed by atoms with Crippen molar-refractivity contribution in [2.45, 2.75) is 10.6 Å². The summed E-state index contributed by atoms with van der Waals surface area (Å²) in [5.41, 5.74) is 6.23. The third kappa shape index (κ3) is 3.04. The van der Waals surface area contributed by atoms with Crippen molar-refractivity contribution in [2.24, 2.45) is 5.73 Å². The Bertz CT molecular complexity index is 479. The molecule has 0 bridgehead atoms. The normalized spacial score (nSPS) is 10.2. The monoisotopic (exact) mass is 266 g/mol. The van der Waals surface area contributed by atoms with E-state index in [0.717, 1.165) is 16.5 Å². The molecule has 1 aromatic carbocycles. The van der Waals surface area contributed by atoms with Crippen LogP contribution in [0.5, 0.6) is 0 Å². The van der Waals surface area contributed by atoms with Crippen molar-refractivity contribution in [2.75, 3.05) is 0 Å². The Hall–Kier alpha value is -0.910. The summed E-state index contributed by atoms with van der Waals surface area (Å²) in [7, 11) is 0. The maximum Gasteiger partial charge on any atom is 0.123 e. The molecule has 0 aliphatic heterocycles. The predicted molar refractivity (Wildman–Crippen MR) is 74.0 cm³/mol. The van der Waals surface area contributed by atoms with Gasteiger partial charge in [0.15, 0.2) is 0 Å². The highest BCUT2D eigenvalue weighted by atomic mass is 32.2. The molecule has 2 nitrogen and oxygen atoms in total. The van der Waals surface area contributed by atoms with Gasteiger partial charge in [-0.2, -0.15) is 0 Å². The van der Waals surface area contributed by atoms with Crippen LogP contribution in [0.15, 0.2) is 40.6 Å². The highest BCUT2D eigenvalue weighted by Crippen LogP contribution is 2.23. The maximum atomic E-state index is 5.50. The van der Waals surface area contributed by atoms with E-state index in [1.165, 1.54) is 4.90 Å². The number of hydrogen-bond donors (Lipinski definition) is 1. The minimum atomic E-state index is 0.368. The molecule has 2 N–H and O–H groups in total. The minimum Gasteiger partial charge on any atom is -0.388 e. The molecule has 0 spiro atoms. The zero-order valence-electron chi connectivity index (χ0n) is 8.42. The number of hydrogen-bond acceptors (Lipinski definition) is 4. The second kappa shape index (κ2) is 5.43. The Morgan fingerprint density at radius 3 is 2.75 bits per heavy atom. The fourth-order valence-corrected chi connectivity index (χ4v) is 3.06. The second-order valence-corrected chi connectivity index (χ2v) is 5.52. The zero-order chi connectivity index (χ0) is 11.4. The van der Waals surface area contributed by atoms with E-state index in [4.69, 9.17) is 18.0 Å². The second-order valence-electron chi connectivity index (χ2n) is 3.09. The molecule has 0 radical (unpaired) electrons. The molecule has 0 aliphatic rings. The summed E-state index contributed by atoms with van der Waals surface area (Å²) in [6.07, 6.45) is 0. The van der Waals surface area contributed by atoms with Crippen LogP contribution in [0.25, 0.3) is 0 Å². The molecule has 0 saturated heterocycles. The number of thiazole rings is 1. The van der Waals surface area contributed by atoms with Gasteiger partial charge < -0.3 is 5.73 Å². The lowest BCUT2D eigenvalue weighted by atomic mass is 10.4. The molecule has 0 atom stereocenters. The summed E-state index contributed by atoms with van der Waals surface area (Å²) in [5.74, 6) is 0.858. The number of aromatic nitrogens is 1. The van der Waals surface area contributed by atoms with E-state index in [0.29, 0.717) is 4.99 Å². The SMILES string of the molecule is NC(=S)c1csc(CSc2ccccc2)n1. The highest BCUT2D eigenvalue weighted by molar-refractivity contribution is 7.98. The topological polar surface area (TPSA) is 38.9 Å². The Morgan fingerprint density at radius 2 is 2.12 bits per heavy atom. The molecular weight excluding hydrogens is 256 g/mol. The van der Waals surface area contributed by atoms with Crippen molar-refractivity contribution < 1.29 is 0 Å². The van der Waals surface area contributed by atoms with Crippen LogP contribution in [0.4, 0.5) is 0 Å². The summed E-state index contributed by atoms with van der Waals surface area (Å²) >= 11 is 8.23. The van der Waals surface area contributed by atoms with E-state index < -0.39 is 0 Å². The largest absolute Gasteiger partial charge is 0.388 e. The van der Waals surface area contributed by atoms with E-state index in [1.807, 2.05) is 23.6 Å². The molecule has 1 heterocycles. The van der Waals surface area contributed by atoms with Crippen molar-refractivity contribution in [3.05, 3.63) is 46.4 Å². The molecule has 82 valence electrons. The van der Waals surface area contributed by atoms with Gasteiger partial charge in [0.1, 0.15) is 15.7 Å². The summed E-state index contributed by atoms with van der Waals surface area (Å²) in [6.45, 7) is 0. The fraction of sp³-hybridized carbons (Fsp3) is 0.0909. The van der Waals surface area contributed by atoms with Crippen LogP contribution in [0, 0.1) is 0 Å². The molecule has 16 heavy (non-hydrogen) atoms. The average Bonchev–Trinajstić information content (AvgIpc) is 2.76. The Morgan fingerprint density at radius 1 is 1.38 bits per heavy atom. The first kappa shape index (κ1) is 11.6. The molecule has 1 aromatic heterocycles. The molecule has 2 aromatic rings. The van der Waals surface area contributed by atoms with Gasteiger partial charge in [-0.1, -0.05) is 30.4 Å². The van der Waals surface area contributed by atoms with Crippen LogP contribution < -0.4 is 5.73 Å². The smallest absolute Gasteiger partial charge is 0.123 e. The number of nitrogens with zero attached hydrogens (tertiary/aromatic N) is 1. The Kier molecular flexibility index (Phi) is 3.93. The van der Waals surface area contributed by atoms with Crippen molar-refractivity contribution >= 4 is 40.3 Å². The zero-order valence-corrected chi connectivity index (χ0v) is 10.9. The summed E-state index contributed by atoms with van der Waals surface area (Å²) in [6, 6.07) is 10.3. The lowest BCUT2D eigenvalue weighted by Gasteiger charge is -1.97. The van der Waals surface area contributed by atoms with Gasteiger partial charge in [0.25, 0.3) is 0 Å². The average molecular weight is 266 g/mol. The molecular formula is C11H10N2S3. The first-order chi connectivity index (χ1) is 7.75. The highest BCUT2D eigenvalue weighted by Gasteiger charge is 2.04. The molecule has 0 fully saturated rings. The van der Waals surface area contributed by atoms with E-state index in [1.54, 1.807) is 23.1 Å². The third-order valence-electron chi connectivity index (χ3n) is 1.91. The molecule has 0 unspecified atom stereocenters. The fourth-order valence-electron chi connectivity index (χ4n) is 1.15. The maximum absolute atomic E-state index is 5.50. The molecule has 0 saturated carbocycles. The quantitative estimate of drug-likeness (QED) is 0.682. The van der Waals surface area contributed by atoms with Crippen LogP contribution in [-0.4, -0.2) is 9.97 Å². The lowest BCUT2D eigenvalue weighted by molar-refractivity contribution is 1.24. The number of benzene rings is 1. The first-order valence-electron chi connectivity index (χ1n) is 4.68. The summed E-state index contributed by atoms with van der Waals surface area (Å²) in [4.78, 5) is 5.97. The number of nitrogens with two attached hydrogens (primary N) is 1. The van der Waals surface area contributed by atoms with Gasteiger partial charge in [-0.3, -0.25) is 0 Å². The van der Waals surface area contributed by atoms with Crippen LogP contribution in [-0.2, 0) is 5.75 Å². The standard InChI is InChI=1S/C11H10N2S3/c12-11(14)9-6-16-10(13-9)7-15-8-4-2-1-3-5-8/h1-6H,7H2,(H2,12,14). The Balaban J connectivity index is 1.97. The predicted octanol–water partition coefficient (Wildman–Crippen LogP) is 3.07. The van der Waals surface area contributed by atoms with Gasteiger partial charge in [-0.15, -0.1) is 23.1 Å².